The molecule has 2 aromatic rings. The molecular weight excluding hydrogens is 182 g/mol. The zero-order valence-corrected chi connectivity index (χ0v) is 7.14. The Balaban J connectivity index is 2.46. The van der Waals surface area contributed by atoms with Gasteiger partial charge in [-0.2, -0.15) is 5.10 Å². The van der Waals surface area contributed by atoms with Gasteiger partial charge >= 0.3 is 5.97 Å². The Morgan fingerprint density at radius 1 is 1.36 bits per heavy atom. The van der Waals surface area contributed by atoms with Gasteiger partial charge in [-0.05, 0) is 18.2 Å². The van der Waals surface area contributed by atoms with Crippen LogP contribution < -0.4 is 0 Å². The van der Waals surface area contributed by atoms with Crippen LogP contribution in [-0.4, -0.2) is 26.3 Å². The van der Waals surface area contributed by atoms with Gasteiger partial charge in [-0.15, -0.1) is 0 Å². The Hall–Kier alpha value is -2.17. The molecule has 2 aromatic heterocycles. The van der Waals surface area contributed by atoms with Crippen LogP contribution in [0.5, 0.6) is 0 Å². The summed E-state index contributed by atoms with van der Waals surface area (Å²) in [4.78, 5) is 14.6. The average molecular weight is 189 g/mol. The molecule has 0 amide bonds. The molecule has 0 aromatic carbocycles. The SMILES string of the molecule is O=C(O)c1cccc(-c2ccn[nH]2)n1. The molecule has 2 heterocycles. The van der Waals surface area contributed by atoms with Crippen LogP contribution in [0, 0.1) is 0 Å². The number of nitrogens with zero attached hydrogens (tertiary/aromatic N) is 2. The lowest BCUT2D eigenvalue weighted by Gasteiger charge is -1.97. The highest BCUT2D eigenvalue weighted by Crippen LogP contribution is 2.12. The van der Waals surface area contributed by atoms with Gasteiger partial charge in [0.25, 0.3) is 0 Å². The van der Waals surface area contributed by atoms with Crippen LogP contribution >= 0.6 is 0 Å². The van der Waals surface area contributed by atoms with E-state index in [1.807, 2.05) is 0 Å². The fraction of sp³-hybridized carbons (Fsp3) is 0. The lowest BCUT2D eigenvalue weighted by atomic mass is 10.2. The minimum atomic E-state index is -1.04. The highest BCUT2D eigenvalue weighted by atomic mass is 16.4. The quantitative estimate of drug-likeness (QED) is 0.743. The molecular formula is C9H7N3O2. The smallest absolute Gasteiger partial charge is 0.354 e. The van der Waals surface area contributed by atoms with Crippen molar-refractivity contribution in [2.24, 2.45) is 0 Å². The molecule has 14 heavy (non-hydrogen) atoms. The van der Waals surface area contributed by atoms with Gasteiger partial charge in [-0.3, -0.25) is 5.10 Å². The van der Waals surface area contributed by atoms with Gasteiger partial charge < -0.3 is 5.11 Å². The van der Waals surface area contributed by atoms with E-state index in [4.69, 9.17) is 5.11 Å². The second-order valence-corrected chi connectivity index (χ2v) is 2.68. The Kier molecular flexibility index (Phi) is 1.98. The summed E-state index contributed by atoms with van der Waals surface area (Å²) in [6, 6.07) is 6.54. The molecule has 0 saturated heterocycles. The van der Waals surface area contributed by atoms with E-state index in [1.54, 1.807) is 24.4 Å². The Morgan fingerprint density at radius 2 is 2.21 bits per heavy atom. The van der Waals surface area contributed by atoms with Gasteiger partial charge in [0, 0.05) is 6.20 Å². The van der Waals surface area contributed by atoms with E-state index in [2.05, 4.69) is 15.2 Å². The summed E-state index contributed by atoms with van der Waals surface area (Å²) in [6.45, 7) is 0. The van der Waals surface area contributed by atoms with Crippen LogP contribution in [0.2, 0.25) is 0 Å². The first-order chi connectivity index (χ1) is 6.77. The molecule has 0 aliphatic heterocycles. The number of hydrogen-bond acceptors (Lipinski definition) is 3. The fourth-order valence-corrected chi connectivity index (χ4v) is 1.10. The van der Waals surface area contributed by atoms with Crippen LogP contribution in [0.15, 0.2) is 30.5 Å². The highest BCUT2D eigenvalue weighted by molar-refractivity contribution is 5.85. The van der Waals surface area contributed by atoms with E-state index in [-0.39, 0.29) is 5.69 Å². The largest absolute Gasteiger partial charge is 0.477 e. The van der Waals surface area contributed by atoms with Crippen molar-refractivity contribution in [2.45, 2.75) is 0 Å². The number of aromatic carboxylic acids is 1. The minimum absolute atomic E-state index is 0.0251. The Bertz CT molecular complexity index is 451. The second-order valence-electron chi connectivity index (χ2n) is 2.68. The topological polar surface area (TPSA) is 78.9 Å². The van der Waals surface area contributed by atoms with Crippen LogP contribution in [0.25, 0.3) is 11.4 Å². The van der Waals surface area contributed by atoms with E-state index in [9.17, 15) is 4.79 Å². The third-order valence-electron chi connectivity index (χ3n) is 1.74. The third-order valence-corrected chi connectivity index (χ3v) is 1.74. The summed E-state index contributed by atoms with van der Waals surface area (Å²) in [5.41, 5.74) is 1.30. The maximum absolute atomic E-state index is 10.6. The van der Waals surface area contributed by atoms with Crippen LogP contribution in [-0.2, 0) is 0 Å². The lowest BCUT2D eigenvalue weighted by molar-refractivity contribution is 0.0690. The second kappa shape index (κ2) is 3.29. The van der Waals surface area contributed by atoms with Crippen LogP contribution in [0.4, 0.5) is 0 Å². The molecule has 0 bridgehead atoms. The molecule has 5 nitrogen and oxygen atoms in total. The first-order valence-corrected chi connectivity index (χ1v) is 3.97. The lowest BCUT2D eigenvalue weighted by Crippen LogP contribution is -2.00. The summed E-state index contributed by atoms with van der Waals surface area (Å²) in [5, 5.41) is 15.2. The van der Waals surface area contributed by atoms with E-state index in [0.717, 1.165) is 0 Å². The number of aromatic nitrogens is 3. The molecule has 0 atom stereocenters. The predicted octanol–water partition coefficient (Wildman–Crippen LogP) is 1.17. The summed E-state index contributed by atoms with van der Waals surface area (Å²) in [5.74, 6) is -1.04. The van der Waals surface area contributed by atoms with Gasteiger partial charge in [-0.25, -0.2) is 9.78 Å². The molecule has 0 saturated carbocycles. The number of carbonyl (C=O) groups is 1. The number of nitrogens with one attached hydrogen (secondary N) is 1. The van der Waals surface area contributed by atoms with E-state index >= 15 is 0 Å². The summed E-state index contributed by atoms with van der Waals surface area (Å²) in [6.07, 6.45) is 1.59. The number of carboxylic acids is 1. The van der Waals surface area contributed by atoms with Crippen molar-refractivity contribution in [3.63, 3.8) is 0 Å². The van der Waals surface area contributed by atoms with E-state index < -0.39 is 5.97 Å². The minimum Gasteiger partial charge on any atom is -0.477 e. The van der Waals surface area contributed by atoms with Gasteiger partial charge in [0.15, 0.2) is 0 Å². The first-order valence-electron chi connectivity index (χ1n) is 3.97. The third kappa shape index (κ3) is 1.47. The molecule has 0 unspecified atom stereocenters. The number of carboxylic acid groups (broad SMARTS) is 1. The van der Waals surface area contributed by atoms with E-state index in [1.165, 1.54) is 6.07 Å². The maximum Gasteiger partial charge on any atom is 0.354 e. The van der Waals surface area contributed by atoms with Crippen molar-refractivity contribution in [3.05, 3.63) is 36.2 Å². The number of aromatic amines is 1. The monoisotopic (exact) mass is 189 g/mol. The van der Waals surface area contributed by atoms with E-state index in [0.29, 0.717) is 11.4 Å². The summed E-state index contributed by atoms with van der Waals surface area (Å²) >= 11 is 0. The van der Waals surface area contributed by atoms with Gasteiger partial charge in [0.1, 0.15) is 5.69 Å². The molecule has 0 spiro atoms. The van der Waals surface area contributed by atoms with Crippen LogP contribution in [0.1, 0.15) is 10.5 Å². The molecule has 2 N–H and O–H groups in total. The summed E-state index contributed by atoms with van der Waals surface area (Å²) in [7, 11) is 0. The predicted molar refractivity (Wildman–Crippen MR) is 48.8 cm³/mol. The fourth-order valence-electron chi connectivity index (χ4n) is 1.10. The first kappa shape index (κ1) is 8.43. The normalized spacial score (nSPS) is 10.0. The number of hydrogen-bond donors (Lipinski definition) is 2. The summed E-state index contributed by atoms with van der Waals surface area (Å²) < 4.78 is 0. The van der Waals surface area contributed by atoms with Gasteiger partial charge in [-0.1, -0.05) is 6.07 Å². The number of H-pyrrole nitrogens is 1. The van der Waals surface area contributed by atoms with Crippen molar-refractivity contribution >= 4 is 5.97 Å². The number of pyridine rings is 1. The van der Waals surface area contributed by atoms with Crippen molar-refractivity contribution in [3.8, 4) is 11.4 Å². The van der Waals surface area contributed by atoms with Crippen LogP contribution in [0.3, 0.4) is 0 Å². The Labute approximate surface area is 79.4 Å². The molecule has 0 aliphatic carbocycles. The van der Waals surface area contributed by atoms with Crippen molar-refractivity contribution in [1.29, 1.82) is 0 Å². The zero-order valence-electron chi connectivity index (χ0n) is 7.14. The standard InChI is InChI=1S/C9H7N3O2/c13-9(14)8-3-1-2-6(11-8)7-4-5-10-12-7/h1-5H,(H,10,12)(H,13,14). The molecule has 0 fully saturated rings. The van der Waals surface area contributed by atoms with Crippen molar-refractivity contribution in [2.75, 3.05) is 0 Å². The van der Waals surface area contributed by atoms with Gasteiger partial charge in [0.05, 0.1) is 11.4 Å². The Morgan fingerprint density at radius 3 is 2.86 bits per heavy atom. The molecule has 5 heteroatoms. The molecule has 0 aliphatic rings. The average Bonchev–Trinajstić information content (AvgIpc) is 2.71. The molecule has 2 rings (SSSR count). The number of rotatable bonds is 2. The molecule has 0 radical (unpaired) electrons. The molecule has 70 valence electrons. The van der Waals surface area contributed by atoms with Crippen molar-refractivity contribution in [1.82, 2.24) is 15.2 Å². The maximum atomic E-state index is 10.6. The highest BCUT2D eigenvalue weighted by Gasteiger charge is 2.06. The van der Waals surface area contributed by atoms with Crippen molar-refractivity contribution < 1.29 is 9.90 Å². The van der Waals surface area contributed by atoms with Gasteiger partial charge in [0.2, 0.25) is 0 Å². The zero-order chi connectivity index (χ0) is 9.97.